The quantitative estimate of drug-likeness (QED) is 0.471. The van der Waals surface area contributed by atoms with Crippen molar-refractivity contribution < 1.29 is 0 Å². The number of hydrogen-bond acceptors (Lipinski definition) is 6. The van der Waals surface area contributed by atoms with Crippen molar-refractivity contribution in [3.63, 3.8) is 0 Å². The predicted molar refractivity (Wildman–Crippen MR) is 98.6 cm³/mol. The minimum absolute atomic E-state index is 0.193. The molecule has 3 aromatic carbocycles. The van der Waals surface area contributed by atoms with Crippen molar-refractivity contribution in [1.29, 1.82) is 5.26 Å². The van der Waals surface area contributed by atoms with Gasteiger partial charge in [-0.25, -0.2) is 4.98 Å². The van der Waals surface area contributed by atoms with Gasteiger partial charge in [-0.1, -0.05) is 48.5 Å². The number of nitrogens with two attached hydrogens (primary N) is 1. The van der Waals surface area contributed by atoms with E-state index in [2.05, 4.69) is 32.4 Å². The molecule has 0 spiro atoms. The van der Waals surface area contributed by atoms with E-state index in [-0.39, 0.29) is 17.3 Å². The van der Waals surface area contributed by atoms with Gasteiger partial charge in [0.1, 0.15) is 28.5 Å². The zero-order chi connectivity index (χ0) is 17.7. The lowest BCUT2D eigenvalue weighted by molar-refractivity contribution is 0.796. The molecule has 2 aromatic heterocycles. The fourth-order valence-corrected chi connectivity index (χ4v) is 3.23. The Bertz CT molecular complexity index is 1330. The molecule has 2 N–H and O–H groups in total. The summed E-state index contributed by atoms with van der Waals surface area (Å²) < 4.78 is 1.33. The highest BCUT2D eigenvalue weighted by Crippen LogP contribution is 2.32. The lowest BCUT2D eigenvalue weighted by atomic mass is 10.00. The van der Waals surface area contributed by atoms with Gasteiger partial charge >= 0.3 is 0 Å². The van der Waals surface area contributed by atoms with E-state index in [1.165, 1.54) is 10.9 Å². The van der Waals surface area contributed by atoms with Crippen molar-refractivity contribution in [2.24, 2.45) is 0 Å². The second-order valence-electron chi connectivity index (χ2n) is 5.87. The molecule has 0 aliphatic rings. The van der Waals surface area contributed by atoms with E-state index in [1.807, 2.05) is 42.5 Å². The Hall–Kier alpha value is -4.05. The summed E-state index contributed by atoms with van der Waals surface area (Å²) in [7, 11) is 0. The average Bonchev–Trinajstić information content (AvgIpc) is 3.08. The summed E-state index contributed by atoms with van der Waals surface area (Å²) in [5.74, 6) is 0.427. The van der Waals surface area contributed by atoms with Gasteiger partial charge in [-0.3, -0.25) is 0 Å². The predicted octanol–water partition coefficient (Wildman–Crippen LogP) is 2.97. The lowest BCUT2D eigenvalue weighted by Crippen LogP contribution is -2.08. The number of nitrogen functional groups attached to an aromatic ring is 1. The van der Waals surface area contributed by atoms with E-state index in [0.29, 0.717) is 5.52 Å². The summed E-state index contributed by atoms with van der Waals surface area (Å²) in [6.45, 7) is 0. The van der Waals surface area contributed by atoms with Crippen LogP contribution >= 0.6 is 0 Å². The smallest absolute Gasteiger partial charge is 0.272 e. The molecule has 5 rings (SSSR count). The zero-order valence-electron chi connectivity index (χ0n) is 13.5. The highest BCUT2D eigenvalue weighted by molar-refractivity contribution is 6.22. The number of aromatic nitrogens is 5. The molecule has 2 heterocycles. The summed E-state index contributed by atoms with van der Waals surface area (Å²) >= 11 is 0. The fourth-order valence-electron chi connectivity index (χ4n) is 3.23. The number of rotatable bonds is 1. The first-order valence-electron chi connectivity index (χ1n) is 7.96. The van der Waals surface area contributed by atoms with Crippen LogP contribution in [0.5, 0.6) is 0 Å². The normalized spacial score (nSPS) is 11.2. The fraction of sp³-hybridized carbons (Fsp3) is 0. The highest BCUT2D eigenvalue weighted by Gasteiger charge is 2.15. The number of fused-ring (bicyclic) bond motifs is 6. The number of nitriles is 1. The van der Waals surface area contributed by atoms with Crippen LogP contribution in [-0.4, -0.2) is 25.0 Å². The monoisotopic (exact) mass is 337 g/mol. The third kappa shape index (κ3) is 1.87. The Morgan fingerprint density at radius 3 is 2.08 bits per heavy atom. The minimum Gasteiger partial charge on any atom is -0.382 e. The molecule has 0 bridgehead atoms. The molecule has 7 nitrogen and oxygen atoms in total. The Kier molecular flexibility index (Phi) is 2.87. The summed E-state index contributed by atoms with van der Waals surface area (Å²) in [5.41, 5.74) is 7.68. The van der Waals surface area contributed by atoms with Crippen LogP contribution in [0.15, 0.2) is 54.7 Å². The molecule has 0 saturated carbocycles. The molecule has 5 aromatic rings. The highest BCUT2D eigenvalue weighted by atomic mass is 15.4. The number of hydrogen-bond donors (Lipinski definition) is 1. The molecule has 0 unspecified atom stereocenters. The van der Waals surface area contributed by atoms with Crippen molar-refractivity contribution >= 4 is 38.4 Å². The van der Waals surface area contributed by atoms with E-state index >= 15 is 0 Å². The molecular weight excluding hydrogens is 326 g/mol. The first-order valence-corrected chi connectivity index (χ1v) is 7.96. The van der Waals surface area contributed by atoms with Crippen molar-refractivity contribution in [3.05, 3.63) is 60.3 Å². The third-order valence-electron chi connectivity index (χ3n) is 4.45. The van der Waals surface area contributed by atoms with E-state index in [9.17, 15) is 0 Å². The maximum atomic E-state index is 9.07. The Balaban J connectivity index is 1.92. The first-order chi connectivity index (χ1) is 12.8. The van der Waals surface area contributed by atoms with Gasteiger partial charge in [0.05, 0.1) is 6.20 Å². The van der Waals surface area contributed by atoms with Crippen LogP contribution in [0.1, 0.15) is 5.56 Å². The van der Waals surface area contributed by atoms with Crippen molar-refractivity contribution in [2.75, 3.05) is 5.73 Å². The molecule has 0 aliphatic carbocycles. The number of anilines is 1. The van der Waals surface area contributed by atoms with Crippen molar-refractivity contribution in [2.45, 2.75) is 0 Å². The SMILES string of the molecule is N#Cc1cnn(-c2nnc3c4ccccc4c4ccccc4c3n2)c1N. The summed E-state index contributed by atoms with van der Waals surface area (Å²) in [6.07, 6.45) is 1.39. The second-order valence-corrected chi connectivity index (χ2v) is 5.87. The van der Waals surface area contributed by atoms with Crippen LogP contribution in [0, 0.1) is 11.3 Å². The largest absolute Gasteiger partial charge is 0.382 e. The molecule has 0 saturated heterocycles. The van der Waals surface area contributed by atoms with E-state index < -0.39 is 0 Å². The summed E-state index contributed by atoms with van der Waals surface area (Å²) in [4.78, 5) is 4.67. The molecular formula is C19H11N7. The molecule has 122 valence electrons. The van der Waals surface area contributed by atoms with Gasteiger partial charge in [-0.05, 0) is 10.8 Å². The molecule has 0 fully saturated rings. The summed E-state index contributed by atoms with van der Waals surface area (Å²) in [5, 5.41) is 25.9. The van der Waals surface area contributed by atoms with E-state index in [1.54, 1.807) is 0 Å². The van der Waals surface area contributed by atoms with Gasteiger partial charge in [0, 0.05) is 10.8 Å². The zero-order valence-corrected chi connectivity index (χ0v) is 13.5. The Labute approximate surface area is 147 Å². The Morgan fingerprint density at radius 1 is 0.846 bits per heavy atom. The van der Waals surface area contributed by atoms with Crippen LogP contribution in [0.3, 0.4) is 0 Å². The molecule has 0 radical (unpaired) electrons. The van der Waals surface area contributed by atoms with Gasteiger partial charge in [0.2, 0.25) is 0 Å². The molecule has 0 amide bonds. The second kappa shape index (κ2) is 5.22. The van der Waals surface area contributed by atoms with Crippen LogP contribution in [0.2, 0.25) is 0 Å². The topological polar surface area (TPSA) is 106 Å². The van der Waals surface area contributed by atoms with Gasteiger partial charge in [-0.2, -0.15) is 15.0 Å². The third-order valence-corrected chi connectivity index (χ3v) is 4.45. The van der Waals surface area contributed by atoms with Crippen LogP contribution < -0.4 is 5.73 Å². The average molecular weight is 337 g/mol. The lowest BCUT2D eigenvalue weighted by Gasteiger charge is -2.09. The van der Waals surface area contributed by atoms with Crippen molar-refractivity contribution in [3.8, 4) is 12.0 Å². The van der Waals surface area contributed by atoms with E-state index in [0.717, 1.165) is 27.1 Å². The van der Waals surface area contributed by atoms with Crippen molar-refractivity contribution in [1.82, 2.24) is 25.0 Å². The molecule has 0 atom stereocenters. The maximum absolute atomic E-state index is 9.07. The van der Waals surface area contributed by atoms with Crippen LogP contribution in [0.25, 0.3) is 38.5 Å². The minimum atomic E-state index is 0.193. The molecule has 0 aliphatic heterocycles. The standard InChI is InChI=1S/C19H11N7/c20-9-11-10-22-26(18(11)21)19-23-16-14-7-3-1-5-12(14)13-6-2-4-8-15(13)17(16)24-25-19/h1-8,10H,21H2. The molecule has 7 heteroatoms. The van der Waals surface area contributed by atoms with E-state index in [4.69, 9.17) is 11.0 Å². The van der Waals surface area contributed by atoms with Crippen LogP contribution in [0.4, 0.5) is 5.82 Å². The Morgan fingerprint density at radius 2 is 1.46 bits per heavy atom. The van der Waals surface area contributed by atoms with Gasteiger partial charge < -0.3 is 5.73 Å². The maximum Gasteiger partial charge on any atom is 0.272 e. The van der Waals surface area contributed by atoms with Gasteiger partial charge in [0.25, 0.3) is 5.95 Å². The van der Waals surface area contributed by atoms with Gasteiger partial charge in [0.15, 0.2) is 0 Å². The summed E-state index contributed by atoms with van der Waals surface area (Å²) in [6, 6.07) is 18.1. The van der Waals surface area contributed by atoms with Crippen LogP contribution in [-0.2, 0) is 0 Å². The molecule has 26 heavy (non-hydrogen) atoms. The first kappa shape index (κ1) is 14.3. The number of nitrogens with zero attached hydrogens (tertiary/aromatic N) is 6. The van der Waals surface area contributed by atoms with Gasteiger partial charge in [-0.15, -0.1) is 10.2 Å². The number of benzene rings is 3.